The molecule has 0 radical (unpaired) electrons. The van der Waals surface area contributed by atoms with Crippen LogP contribution in [0.5, 0.6) is 5.75 Å². The van der Waals surface area contributed by atoms with Gasteiger partial charge in [0.1, 0.15) is 85.0 Å². The van der Waals surface area contributed by atoms with E-state index in [-0.39, 0.29) is 59.5 Å². The molecule has 0 aliphatic carbocycles. The third-order valence-corrected chi connectivity index (χ3v) is 19.0. The Labute approximate surface area is 636 Å². The van der Waals surface area contributed by atoms with E-state index in [0.717, 1.165) is 41.9 Å². The lowest BCUT2D eigenvalue weighted by atomic mass is 9.93. The normalized spacial score (nSPS) is 28.9. The van der Waals surface area contributed by atoms with Gasteiger partial charge in [-0.1, -0.05) is 204 Å². The van der Waals surface area contributed by atoms with Crippen LogP contribution in [0.4, 0.5) is 0 Å². The van der Waals surface area contributed by atoms with Crippen LogP contribution in [0, 0.1) is 0 Å². The number of rotatable bonds is 35. The quantitative estimate of drug-likeness (QED) is 0.0117. The lowest BCUT2D eigenvalue weighted by Crippen LogP contribution is -2.69. The summed E-state index contributed by atoms with van der Waals surface area (Å²) in [6.45, 7) is 3.77. The number of carbonyl (C=O) groups excluding carboxylic acids is 3. The van der Waals surface area contributed by atoms with Gasteiger partial charge in [-0.05, 0) is 76.0 Å². The molecule has 29 heteroatoms. The van der Waals surface area contributed by atoms with E-state index < -0.39 is 146 Å². The summed E-state index contributed by atoms with van der Waals surface area (Å²) in [6, 6.07) is 59.7. The van der Waals surface area contributed by atoms with E-state index in [4.69, 9.17) is 94.7 Å². The second-order valence-electron chi connectivity index (χ2n) is 27.0. The predicted octanol–water partition coefficient (Wildman–Crippen LogP) is 11.2. The molecule has 0 saturated carbocycles. The van der Waals surface area contributed by atoms with E-state index in [9.17, 15) is 20.7 Å². The minimum atomic E-state index is -1.91. The summed E-state index contributed by atoms with van der Waals surface area (Å²) in [6.07, 6.45) is -26.6. The van der Waals surface area contributed by atoms with Crippen LogP contribution in [-0.4, -0.2) is 181 Å². The maximum atomic E-state index is 15.1. The van der Waals surface area contributed by atoms with Gasteiger partial charge in [-0.15, -0.1) is 0 Å². The Balaban J connectivity index is 0.948. The number of hydrogen-bond donors (Lipinski definition) is 0. The first-order chi connectivity index (χ1) is 53.7. The molecule has 0 N–H and O–H groups in total. The van der Waals surface area contributed by atoms with Gasteiger partial charge in [-0.3, -0.25) is 4.79 Å². The number of fused-ring (bicyclic) bond motifs is 1. The van der Waals surface area contributed by atoms with Crippen LogP contribution in [0.2, 0.25) is 0 Å². The third-order valence-electron chi connectivity index (χ3n) is 19.0. The molecule has 12 rings (SSSR count). The largest absolute Gasteiger partial charge is 0.497 e. The Morgan fingerprint density at radius 2 is 0.764 bits per heavy atom. The summed E-state index contributed by atoms with van der Waals surface area (Å²) in [7, 11) is 3.89. The SMILES string of the molecule is COC(=O)[C@@H]1O[C@H](O[C@H]2C(COCc3ccccc3)O[C@@H](O[C@H]3C(OCc4ccccc4)C4OC(C)(C)O[C@H]4O[C@H]3C(=O)OC)C(N=[N+]=[N-])[C@H]2OCc2ccccc2)C(OC(C)=O)C(OCc2ccccc2)[C@@H]1O[C@@H]1OC(COCc2ccccc2)[C@H](OCc2ccc(OC)cc2)[C@H](OCc2ccccc2)C1N=[N+]=[N-]. The molecule has 20 atom stereocenters. The molecule has 0 amide bonds. The van der Waals surface area contributed by atoms with Crippen molar-refractivity contribution < 1.29 is 109 Å². The molecule has 0 bridgehead atoms. The number of esters is 3. The van der Waals surface area contributed by atoms with Crippen LogP contribution < -0.4 is 4.74 Å². The first-order valence-electron chi connectivity index (χ1n) is 36.1. The van der Waals surface area contributed by atoms with Crippen molar-refractivity contribution in [3.05, 3.63) is 266 Å². The summed E-state index contributed by atoms with van der Waals surface area (Å²) >= 11 is 0. The predicted molar refractivity (Wildman–Crippen MR) is 389 cm³/mol. The molecule has 7 aromatic rings. The van der Waals surface area contributed by atoms with Crippen molar-refractivity contribution in [2.75, 3.05) is 34.5 Å². The highest BCUT2D eigenvalue weighted by Crippen LogP contribution is 2.44. The van der Waals surface area contributed by atoms with E-state index >= 15 is 4.79 Å². The summed E-state index contributed by atoms with van der Waals surface area (Å²) in [4.78, 5) is 50.1. The van der Waals surface area contributed by atoms with Gasteiger partial charge < -0.3 is 94.7 Å². The van der Waals surface area contributed by atoms with Gasteiger partial charge in [0.2, 0.25) is 0 Å². The Morgan fingerprint density at radius 3 is 1.18 bits per heavy atom. The van der Waals surface area contributed by atoms with Gasteiger partial charge >= 0.3 is 17.9 Å². The first kappa shape index (κ1) is 80.3. The van der Waals surface area contributed by atoms with Crippen LogP contribution in [0.3, 0.4) is 0 Å². The van der Waals surface area contributed by atoms with Crippen molar-refractivity contribution in [1.29, 1.82) is 0 Å². The Bertz CT molecular complexity index is 4110. The number of carbonyl (C=O) groups is 3. The highest BCUT2D eigenvalue weighted by Gasteiger charge is 2.62. The Morgan fingerprint density at radius 1 is 0.400 bits per heavy atom. The van der Waals surface area contributed by atoms with Crippen molar-refractivity contribution in [2.24, 2.45) is 10.2 Å². The Kier molecular flexibility index (Phi) is 28.9. The van der Waals surface area contributed by atoms with Crippen molar-refractivity contribution in [2.45, 2.75) is 196 Å². The number of nitrogens with zero attached hydrogens (tertiary/aromatic N) is 6. The number of azide groups is 2. The molecule has 0 aromatic heterocycles. The summed E-state index contributed by atoms with van der Waals surface area (Å²) in [5.41, 5.74) is 26.7. The van der Waals surface area contributed by atoms with Crippen LogP contribution >= 0.6 is 0 Å². The van der Waals surface area contributed by atoms with Gasteiger partial charge in [-0.2, -0.15) is 0 Å². The third kappa shape index (κ3) is 21.0. The fourth-order valence-electron chi connectivity index (χ4n) is 13.8. The molecule has 8 unspecified atom stereocenters. The first-order valence-corrected chi connectivity index (χ1v) is 36.1. The van der Waals surface area contributed by atoms with Crippen molar-refractivity contribution in [3.63, 3.8) is 0 Å². The summed E-state index contributed by atoms with van der Waals surface area (Å²) in [5, 5.41) is 8.69. The maximum absolute atomic E-state index is 15.1. The zero-order valence-corrected chi connectivity index (χ0v) is 61.6. The van der Waals surface area contributed by atoms with E-state index in [0.29, 0.717) is 16.9 Å². The molecule has 0 spiro atoms. The molecule has 582 valence electrons. The lowest BCUT2D eigenvalue weighted by molar-refractivity contribution is -0.375. The van der Waals surface area contributed by atoms with E-state index in [1.54, 1.807) is 57.4 Å². The molecule has 5 aliphatic heterocycles. The van der Waals surface area contributed by atoms with Gasteiger partial charge in [-0.25, -0.2) is 9.59 Å². The van der Waals surface area contributed by atoms with Crippen LogP contribution in [0.1, 0.15) is 59.7 Å². The number of benzene rings is 7. The molecule has 7 aromatic carbocycles. The number of ether oxygens (including phenoxy) is 20. The topological polar surface area (TPSA) is 333 Å². The molecule has 29 nitrogen and oxygen atoms in total. The fraction of sp³-hybridized carbons (Fsp3) is 0.444. The molecule has 5 aliphatic rings. The van der Waals surface area contributed by atoms with Crippen molar-refractivity contribution in [1.82, 2.24) is 0 Å². The van der Waals surface area contributed by atoms with E-state index in [1.807, 2.05) is 170 Å². The zero-order valence-electron chi connectivity index (χ0n) is 61.6. The monoisotopic (exact) mass is 1510 g/mol. The Hall–Kier alpha value is -9.27. The van der Waals surface area contributed by atoms with Crippen molar-refractivity contribution >= 4 is 17.9 Å². The highest BCUT2D eigenvalue weighted by molar-refractivity contribution is 5.76. The van der Waals surface area contributed by atoms with Gasteiger partial charge in [0.25, 0.3) is 0 Å². The smallest absolute Gasteiger partial charge is 0.337 e. The lowest BCUT2D eigenvalue weighted by Gasteiger charge is -2.51. The fourth-order valence-corrected chi connectivity index (χ4v) is 13.8. The average Bonchev–Trinajstić information content (AvgIpc) is 1.25. The van der Waals surface area contributed by atoms with Gasteiger partial charge in [0.05, 0.1) is 80.8 Å². The van der Waals surface area contributed by atoms with E-state index in [1.165, 1.54) is 7.11 Å². The maximum Gasteiger partial charge on any atom is 0.337 e. The van der Waals surface area contributed by atoms with E-state index in [2.05, 4.69) is 20.1 Å². The summed E-state index contributed by atoms with van der Waals surface area (Å²) in [5.74, 6) is -3.42. The minimum absolute atomic E-state index is 0.0104. The summed E-state index contributed by atoms with van der Waals surface area (Å²) < 4.78 is 132. The molecular weight excluding hydrogens is 1420 g/mol. The number of methoxy groups -OCH3 is 3. The molecule has 5 heterocycles. The van der Waals surface area contributed by atoms with Gasteiger partial charge in [0, 0.05) is 16.7 Å². The zero-order chi connectivity index (χ0) is 76.8. The van der Waals surface area contributed by atoms with Crippen LogP contribution in [-0.2, 0) is 151 Å². The number of hydrogen-bond acceptors (Lipinski definition) is 25. The molecule has 5 saturated heterocycles. The standard InChI is InChI=1S/C81H90N6O23/c1-50(88)101-73-67(99-45-55-33-21-11-22-34-55)69(105-77-61(84-86-82)65(97-43-53-29-17-9-18-30-53)63(96-47-57-37-39-58(91-4)40-38-57)59(102-77)48-94-41-51-25-13-7-14-26-51)71(75(89)92-5)107-79(73)104-64-60(49-95-42-52-27-15-8-16-28-52)103-78(62(85-87-83)66(64)98-44-54-31-19-10-20-32-54)106-70-68(100-46-56-35-23-12-24-36-56)74-80(110-81(2,3)109-74)108-72(70)76(90)93-6/h7-40,59-74,77-80H,41-49H2,1-6H3/t59?,60?,61?,62?,63-,64-,65+,66+,67?,68?,69-,70-,71+,72+,73?,74?,77-,78-,79-,80+/m0/s1. The average molecular weight is 1520 g/mol. The van der Waals surface area contributed by atoms with Crippen molar-refractivity contribution in [3.8, 4) is 5.75 Å². The van der Waals surface area contributed by atoms with Crippen LogP contribution in [0.15, 0.2) is 216 Å². The highest BCUT2D eigenvalue weighted by atomic mass is 16.8. The second-order valence-corrected chi connectivity index (χ2v) is 27.0. The molecule has 5 fully saturated rings. The second kappa shape index (κ2) is 39.6. The minimum Gasteiger partial charge on any atom is -0.497 e. The molecular formula is C81H90N6O23. The molecule has 110 heavy (non-hydrogen) atoms. The van der Waals surface area contributed by atoms with Crippen LogP contribution in [0.25, 0.3) is 20.9 Å². The van der Waals surface area contributed by atoms with Gasteiger partial charge in [0.15, 0.2) is 49.3 Å².